The fourth-order valence-corrected chi connectivity index (χ4v) is 3.22. The minimum absolute atomic E-state index is 0.0384. The standard InChI is InChI=1S/C24H41N5O5/c1-17(2)7-5-8-20(30)9-6-13-34-14-11-23(32)26-21(24(25)33)15-19-16-29(28-27-19)12-10-22(31)18(3)4/h16-18,21H,5-15H2,1-4H3,(H2,25,33)(H,26,32). The smallest absolute Gasteiger partial charge is 0.240 e. The van der Waals surface area contributed by atoms with Crippen molar-refractivity contribution in [1.29, 1.82) is 0 Å². The number of hydrogen-bond donors (Lipinski definition) is 2. The fraction of sp³-hybridized carbons (Fsp3) is 0.750. The SMILES string of the molecule is CC(C)CCCC(=O)CCCOCCC(=O)NC(Cc1cn(CCC(=O)C(C)C)nn1)C(N)=O. The van der Waals surface area contributed by atoms with E-state index in [1.807, 2.05) is 13.8 Å². The van der Waals surface area contributed by atoms with Crippen LogP contribution in [-0.4, -0.2) is 57.6 Å². The van der Waals surface area contributed by atoms with Gasteiger partial charge in [-0.25, -0.2) is 0 Å². The third kappa shape index (κ3) is 13.2. The van der Waals surface area contributed by atoms with Gasteiger partial charge in [0.25, 0.3) is 0 Å². The van der Waals surface area contributed by atoms with Crippen molar-refractivity contribution in [2.75, 3.05) is 13.2 Å². The predicted octanol–water partition coefficient (Wildman–Crippen LogP) is 1.99. The largest absolute Gasteiger partial charge is 0.381 e. The first-order valence-corrected chi connectivity index (χ1v) is 12.2. The zero-order valence-electron chi connectivity index (χ0n) is 21.0. The lowest BCUT2D eigenvalue weighted by Gasteiger charge is -2.14. The Balaban J connectivity index is 2.28. The highest BCUT2D eigenvalue weighted by atomic mass is 16.5. The van der Waals surface area contributed by atoms with Crippen LogP contribution in [0.25, 0.3) is 0 Å². The molecule has 2 amide bonds. The molecule has 1 atom stereocenters. The van der Waals surface area contributed by atoms with Crippen LogP contribution in [0.5, 0.6) is 0 Å². The van der Waals surface area contributed by atoms with Gasteiger partial charge in [0.05, 0.1) is 12.3 Å². The minimum Gasteiger partial charge on any atom is -0.381 e. The maximum Gasteiger partial charge on any atom is 0.240 e. The fourth-order valence-electron chi connectivity index (χ4n) is 3.22. The Morgan fingerprint density at radius 3 is 2.38 bits per heavy atom. The molecular formula is C24H41N5O5. The van der Waals surface area contributed by atoms with E-state index in [0.717, 1.165) is 12.8 Å². The van der Waals surface area contributed by atoms with Gasteiger partial charge in [-0.2, -0.15) is 0 Å². The lowest BCUT2D eigenvalue weighted by molar-refractivity contribution is -0.128. The van der Waals surface area contributed by atoms with E-state index in [4.69, 9.17) is 10.5 Å². The van der Waals surface area contributed by atoms with Crippen LogP contribution >= 0.6 is 0 Å². The number of nitrogens with two attached hydrogens (primary N) is 1. The average Bonchev–Trinajstić information content (AvgIpc) is 3.20. The van der Waals surface area contributed by atoms with E-state index in [1.54, 1.807) is 10.9 Å². The number of carbonyl (C=O) groups excluding carboxylic acids is 4. The molecule has 192 valence electrons. The van der Waals surface area contributed by atoms with Gasteiger partial charge < -0.3 is 15.8 Å². The lowest BCUT2D eigenvalue weighted by atomic mass is 10.0. The topological polar surface area (TPSA) is 146 Å². The van der Waals surface area contributed by atoms with Gasteiger partial charge in [0, 0.05) is 57.4 Å². The van der Waals surface area contributed by atoms with Gasteiger partial charge in [-0.3, -0.25) is 23.9 Å². The van der Waals surface area contributed by atoms with Gasteiger partial charge in [0.15, 0.2) is 0 Å². The number of aromatic nitrogens is 3. The van der Waals surface area contributed by atoms with Crippen LogP contribution in [0.4, 0.5) is 0 Å². The van der Waals surface area contributed by atoms with E-state index in [-0.39, 0.29) is 42.8 Å². The van der Waals surface area contributed by atoms with E-state index >= 15 is 0 Å². The quantitative estimate of drug-likeness (QED) is 0.288. The molecule has 0 bridgehead atoms. The van der Waals surface area contributed by atoms with E-state index in [1.165, 1.54) is 0 Å². The number of Topliss-reactive ketones (excluding diaryl/α,β-unsaturated/α-hetero) is 2. The van der Waals surface area contributed by atoms with Gasteiger partial charge in [-0.15, -0.1) is 5.10 Å². The van der Waals surface area contributed by atoms with Gasteiger partial charge in [-0.1, -0.05) is 39.3 Å². The Kier molecular flexibility index (Phi) is 13.9. The molecule has 3 N–H and O–H groups in total. The van der Waals surface area contributed by atoms with Crippen LogP contribution in [0.15, 0.2) is 6.20 Å². The first kappa shape index (κ1) is 29.4. The molecule has 0 aliphatic heterocycles. The summed E-state index contributed by atoms with van der Waals surface area (Å²) in [5, 5.41) is 10.6. The van der Waals surface area contributed by atoms with E-state index in [2.05, 4.69) is 29.5 Å². The summed E-state index contributed by atoms with van der Waals surface area (Å²) in [5.74, 6) is -0.0804. The zero-order valence-corrected chi connectivity index (χ0v) is 21.0. The number of hydrogen-bond acceptors (Lipinski definition) is 7. The molecule has 1 rings (SSSR count). The molecular weight excluding hydrogens is 438 g/mol. The van der Waals surface area contributed by atoms with Crippen LogP contribution in [-0.2, 0) is 36.9 Å². The zero-order chi connectivity index (χ0) is 25.5. The molecule has 0 aromatic carbocycles. The van der Waals surface area contributed by atoms with Crippen molar-refractivity contribution < 1.29 is 23.9 Å². The van der Waals surface area contributed by atoms with Crippen molar-refractivity contribution in [3.63, 3.8) is 0 Å². The average molecular weight is 480 g/mol. The van der Waals surface area contributed by atoms with Crippen LogP contribution < -0.4 is 11.1 Å². The Morgan fingerprint density at radius 2 is 1.74 bits per heavy atom. The molecule has 10 heteroatoms. The number of amides is 2. The highest BCUT2D eigenvalue weighted by Crippen LogP contribution is 2.08. The van der Waals surface area contributed by atoms with Crippen LogP contribution in [0.1, 0.15) is 78.3 Å². The monoisotopic (exact) mass is 479 g/mol. The number of nitrogens with one attached hydrogen (secondary N) is 1. The molecule has 1 aromatic rings. The summed E-state index contributed by atoms with van der Waals surface area (Å²) in [5.41, 5.74) is 5.92. The molecule has 0 saturated heterocycles. The number of ketones is 2. The first-order valence-electron chi connectivity index (χ1n) is 12.2. The van der Waals surface area contributed by atoms with E-state index in [0.29, 0.717) is 50.4 Å². The Bertz CT molecular complexity index is 790. The summed E-state index contributed by atoms with van der Waals surface area (Å²) in [6, 6.07) is -0.918. The van der Waals surface area contributed by atoms with Crippen molar-refractivity contribution in [2.45, 2.75) is 91.6 Å². The number of carbonyl (C=O) groups is 4. The van der Waals surface area contributed by atoms with Crippen LogP contribution in [0, 0.1) is 11.8 Å². The number of ether oxygens (including phenoxy) is 1. The summed E-state index contributed by atoms with van der Waals surface area (Å²) in [7, 11) is 0. The molecule has 0 spiro atoms. The Labute approximate surface area is 202 Å². The molecule has 0 saturated carbocycles. The van der Waals surface area contributed by atoms with Crippen molar-refractivity contribution in [1.82, 2.24) is 20.3 Å². The molecule has 0 radical (unpaired) electrons. The van der Waals surface area contributed by atoms with Crippen molar-refractivity contribution >= 4 is 23.4 Å². The van der Waals surface area contributed by atoms with Gasteiger partial charge in [-0.05, 0) is 18.8 Å². The second-order valence-corrected chi connectivity index (χ2v) is 9.36. The molecule has 1 unspecified atom stereocenters. The molecule has 10 nitrogen and oxygen atoms in total. The third-order valence-corrected chi connectivity index (χ3v) is 5.36. The summed E-state index contributed by atoms with van der Waals surface area (Å²) in [4.78, 5) is 47.5. The van der Waals surface area contributed by atoms with E-state index in [9.17, 15) is 19.2 Å². The first-order chi connectivity index (χ1) is 16.1. The molecule has 34 heavy (non-hydrogen) atoms. The minimum atomic E-state index is -0.918. The number of nitrogens with zero attached hydrogens (tertiary/aromatic N) is 3. The molecule has 0 fully saturated rings. The molecule has 0 aliphatic rings. The molecule has 1 aromatic heterocycles. The lowest BCUT2D eigenvalue weighted by Crippen LogP contribution is -2.46. The molecule has 1 heterocycles. The summed E-state index contributed by atoms with van der Waals surface area (Å²) >= 11 is 0. The predicted molar refractivity (Wildman–Crippen MR) is 128 cm³/mol. The third-order valence-electron chi connectivity index (χ3n) is 5.36. The Morgan fingerprint density at radius 1 is 1.03 bits per heavy atom. The summed E-state index contributed by atoms with van der Waals surface area (Å²) < 4.78 is 6.98. The molecule has 0 aliphatic carbocycles. The van der Waals surface area contributed by atoms with Crippen molar-refractivity contribution in [3.05, 3.63) is 11.9 Å². The highest BCUT2D eigenvalue weighted by Gasteiger charge is 2.20. The number of aryl methyl sites for hydroxylation is 1. The van der Waals surface area contributed by atoms with Crippen LogP contribution in [0.3, 0.4) is 0 Å². The highest BCUT2D eigenvalue weighted by molar-refractivity contribution is 5.86. The van der Waals surface area contributed by atoms with Crippen molar-refractivity contribution in [3.8, 4) is 0 Å². The summed E-state index contributed by atoms with van der Waals surface area (Å²) in [6.45, 7) is 8.98. The van der Waals surface area contributed by atoms with Gasteiger partial charge in [0.2, 0.25) is 11.8 Å². The van der Waals surface area contributed by atoms with Crippen molar-refractivity contribution in [2.24, 2.45) is 17.6 Å². The van der Waals surface area contributed by atoms with E-state index < -0.39 is 11.9 Å². The van der Waals surface area contributed by atoms with Gasteiger partial charge >= 0.3 is 0 Å². The maximum absolute atomic E-state index is 12.2. The number of rotatable bonds is 19. The Hall–Kier alpha value is -2.62. The number of primary amides is 1. The normalized spacial score (nSPS) is 12.2. The maximum atomic E-state index is 12.2. The second-order valence-electron chi connectivity index (χ2n) is 9.36. The second kappa shape index (κ2) is 16.1. The van der Waals surface area contributed by atoms with Crippen LogP contribution in [0.2, 0.25) is 0 Å². The van der Waals surface area contributed by atoms with Gasteiger partial charge in [0.1, 0.15) is 17.6 Å². The summed E-state index contributed by atoms with van der Waals surface area (Å²) in [6.07, 6.45) is 5.89.